The van der Waals surface area contributed by atoms with Gasteiger partial charge in [0, 0.05) is 6.61 Å². The predicted molar refractivity (Wildman–Crippen MR) is 34.4 cm³/mol. The summed E-state index contributed by atoms with van der Waals surface area (Å²) in [5, 5.41) is 0. The van der Waals surface area contributed by atoms with Crippen molar-refractivity contribution in [1.82, 2.24) is 0 Å². The molecule has 0 unspecified atom stereocenters. The molecule has 0 aromatic heterocycles. The molecule has 0 aromatic rings. The number of hydrogen-bond donors (Lipinski definition) is 3. The minimum atomic E-state index is -4.19. The molecule has 0 aliphatic carbocycles. The quantitative estimate of drug-likeness (QED) is 0.368. The summed E-state index contributed by atoms with van der Waals surface area (Å²) in [5.74, 6) is 0. The Labute approximate surface area is 122 Å². The van der Waals surface area contributed by atoms with Crippen molar-refractivity contribution in [2.24, 2.45) is 0 Å². The minimum absolute atomic E-state index is 0. The fourth-order valence-corrected chi connectivity index (χ4v) is 0.772. The van der Waals surface area contributed by atoms with Gasteiger partial charge in [-0.15, -0.1) is 0 Å². The summed E-state index contributed by atoms with van der Waals surface area (Å²) in [7, 11) is -4.19. The third-order valence-electron chi connectivity index (χ3n) is 0.794. The van der Waals surface area contributed by atoms with Crippen LogP contribution in [0, 0.1) is 0 Å². The van der Waals surface area contributed by atoms with E-state index in [-0.39, 0.29) is 76.9 Å². The van der Waals surface area contributed by atoms with Crippen LogP contribution in [-0.2, 0) is 4.43 Å². The Bertz CT molecular complexity index is 79.0. The van der Waals surface area contributed by atoms with Crippen LogP contribution in [0.5, 0.6) is 0 Å². The SMILES string of the molecule is CCCCO[Si](O)(O)O.[Cs+].[H-]. The Balaban J connectivity index is -0.000000320. The Kier molecular flexibility index (Phi) is 11.3. The van der Waals surface area contributed by atoms with Crippen molar-refractivity contribution in [2.75, 3.05) is 6.61 Å². The van der Waals surface area contributed by atoms with Gasteiger partial charge in [0.25, 0.3) is 0 Å². The van der Waals surface area contributed by atoms with E-state index in [0.717, 1.165) is 12.8 Å². The maximum atomic E-state index is 8.27. The van der Waals surface area contributed by atoms with Gasteiger partial charge in [-0.05, 0) is 6.42 Å². The summed E-state index contributed by atoms with van der Waals surface area (Å²) in [6, 6.07) is 0. The Hall–Kier alpha value is 2.11. The van der Waals surface area contributed by atoms with Crippen molar-refractivity contribution in [2.45, 2.75) is 19.8 Å². The van der Waals surface area contributed by atoms with E-state index in [2.05, 4.69) is 4.43 Å². The minimum Gasteiger partial charge on any atom is -1.00 e. The van der Waals surface area contributed by atoms with E-state index < -0.39 is 9.05 Å². The van der Waals surface area contributed by atoms with Crippen molar-refractivity contribution in [1.29, 1.82) is 0 Å². The normalized spacial score (nSPS) is 10.8. The summed E-state index contributed by atoms with van der Waals surface area (Å²) in [6.45, 7) is 2.16. The topological polar surface area (TPSA) is 69.9 Å². The standard InChI is InChI=1S/C4H12O4Si.Cs.H/c1-2-3-4-8-9(5,6)7;;/h5-7H,2-4H2,1H3;;/q;+1;-1. The van der Waals surface area contributed by atoms with Crippen molar-refractivity contribution >= 4 is 9.05 Å². The molecule has 0 spiro atoms. The van der Waals surface area contributed by atoms with E-state index in [1.165, 1.54) is 0 Å². The molecule has 0 radical (unpaired) electrons. The van der Waals surface area contributed by atoms with E-state index in [0.29, 0.717) is 0 Å². The van der Waals surface area contributed by atoms with Gasteiger partial charge in [-0.25, -0.2) is 0 Å². The molecule has 0 atom stereocenters. The van der Waals surface area contributed by atoms with E-state index in [1.54, 1.807) is 0 Å². The zero-order valence-corrected chi connectivity index (χ0v) is 13.7. The van der Waals surface area contributed by atoms with Gasteiger partial charge in [0.15, 0.2) is 0 Å². The smallest absolute Gasteiger partial charge is 1.00 e. The molecular formula is C4H13CsO4Si. The molecule has 0 aromatic carbocycles. The third kappa shape index (κ3) is 12.8. The van der Waals surface area contributed by atoms with Crippen LogP contribution in [0.3, 0.4) is 0 Å². The first-order chi connectivity index (χ1) is 4.06. The Morgan fingerprint density at radius 2 is 1.90 bits per heavy atom. The van der Waals surface area contributed by atoms with Crippen LogP contribution in [0.15, 0.2) is 0 Å². The van der Waals surface area contributed by atoms with Crippen molar-refractivity contribution in [3.8, 4) is 0 Å². The van der Waals surface area contributed by atoms with E-state index in [4.69, 9.17) is 14.4 Å². The number of hydrogen-bond acceptors (Lipinski definition) is 4. The second-order valence-electron chi connectivity index (χ2n) is 1.78. The molecule has 0 saturated carbocycles. The van der Waals surface area contributed by atoms with Crippen LogP contribution in [0.4, 0.5) is 0 Å². The molecule has 0 bridgehead atoms. The summed E-state index contributed by atoms with van der Waals surface area (Å²) < 4.78 is 4.28. The van der Waals surface area contributed by atoms with Crippen LogP contribution in [0.25, 0.3) is 0 Å². The van der Waals surface area contributed by atoms with Crippen LogP contribution >= 0.6 is 0 Å². The summed E-state index contributed by atoms with van der Waals surface area (Å²) in [6.07, 6.45) is 1.64. The average Bonchev–Trinajstić information content (AvgIpc) is 1.63. The van der Waals surface area contributed by atoms with Gasteiger partial charge in [-0.3, -0.25) is 0 Å². The summed E-state index contributed by atoms with van der Waals surface area (Å²) >= 11 is 0. The molecule has 0 fully saturated rings. The first kappa shape index (κ1) is 14.6. The largest absolute Gasteiger partial charge is 1.00 e. The monoisotopic (exact) mass is 286 g/mol. The van der Waals surface area contributed by atoms with E-state index >= 15 is 0 Å². The molecular weight excluding hydrogens is 273 g/mol. The van der Waals surface area contributed by atoms with Gasteiger partial charge in [-0.1, -0.05) is 13.3 Å². The van der Waals surface area contributed by atoms with Crippen LogP contribution in [0.2, 0.25) is 0 Å². The van der Waals surface area contributed by atoms with Gasteiger partial charge < -0.3 is 20.2 Å². The zero-order chi connectivity index (χ0) is 7.33. The van der Waals surface area contributed by atoms with Gasteiger partial charge >= 0.3 is 77.9 Å². The molecule has 10 heavy (non-hydrogen) atoms. The summed E-state index contributed by atoms with van der Waals surface area (Å²) in [4.78, 5) is 24.8. The molecule has 58 valence electrons. The van der Waals surface area contributed by atoms with Crippen LogP contribution < -0.4 is 68.9 Å². The van der Waals surface area contributed by atoms with Crippen molar-refractivity contribution in [3.05, 3.63) is 0 Å². The Morgan fingerprint density at radius 1 is 1.40 bits per heavy atom. The molecule has 0 saturated heterocycles. The molecule has 0 amide bonds. The maximum Gasteiger partial charge on any atom is 1.00 e. The van der Waals surface area contributed by atoms with Gasteiger partial charge in [0.05, 0.1) is 0 Å². The van der Waals surface area contributed by atoms with E-state index in [1.807, 2.05) is 6.92 Å². The second kappa shape index (κ2) is 7.74. The van der Waals surface area contributed by atoms with E-state index in [9.17, 15) is 0 Å². The summed E-state index contributed by atoms with van der Waals surface area (Å²) in [5.41, 5.74) is 0. The second-order valence-corrected chi connectivity index (χ2v) is 3.21. The predicted octanol–water partition coefficient (Wildman–Crippen LogP) is -3.67. The molecule has 0 aliphatic rings. The molecule has 0 aliphatic heterocycles. The molecule has 0 heterocycles. The Morgan fingerprint density at radius 3 is 2.20 bits per heavy atom. The number of unbranched alkanes of at least 4 members (excludes halogenated alkanes) is 1. The fraction of sp³-hybridized carbons (Fsp3) is 1.00. The van der Waals surface area contributed by atoms with Gasteiger partial charge in [0.1, 0.15) is 0 Å². The molecule has 6 heteroatoms. The van der Waals surface area contributed by atoms with Gasteiger partial charge in [0.2, 0.25) is 0 Å². The molecule has 4 nitrogen and oxygen atoms in total. The zero-order valence-electron chi connectivity index (χ0n) is 7.37. The first-order valence-electron chi connectivity index (χ1n) is 2.87. The van der Waals surface area contributed by atoms with Gasteiger partial charge in [-0.2, -0.15) is 0 Å². The van der Waals surface area contributed by atoms with Crippen LogP contribution in [-0.4, -0.2) is 30.0 Å². The molecule has 0 rings (SSSR count). The maximum absolute atomic E-state index is 8.27. The number of rotatable bonds is 4. The van der Waals surface area contributed by atoms with Crippen molar-refractivity contribution < 1.29 is 89.1 Å². The molecule has 3 N–H and O–H groups in total. The first-order valence-corrected chi connectivity index (χ1v) is 4.62. The van der Waals surface area contributed by atoms with Crippen molar-refractivity contribution in [3.63, 3.8) is 0 Å². The fourth-order valence-electron chi connectivity index (χ4n) is 0.353. The third-order valence-corrected chi connectivity index (χ3v) is 1.39. The van der Waals surface area contributed by atoms with Crippen LogP contribution in [0.1, 0.15) is 21.2 Å². The average molecular weight is 286 g/mol.